The summed E-state index contributed by atoms with van der Waals surface area (Å²) in [4.78, 5) is 7.40. The van der Waals surface area contributed by atoms with Crippen LogP contribution in [0.15, 0.2) is 18.3 Å². The molecule has 4 rings (SSSR count). The molecule has 0 unspecified atom stereocenters. The molecule has 0 amide bonds. The van der Waals surface area contributed by atoms with Gasteiger partial charge in [-0.15, -0.1) is 10.2 Å². The fourth-order valence-corrected chi connectivity index (χ4v) is 5.04. The number of morpholine rings is 1. The second kappa shape index (κ2) is 11.2. The first-order chi connectivity index (χ1) is 14.8. The first kappa shape index (κ1) is 21.7. The molecule has 1 N–H and O–H groups in total. The largest absolute Gasteiger partial charge is 0.379 e. The Hall–Kier alpha value is -1.52. The van der Waals surface area contributed by atoms with Crippen molar-refractivity contribution in [1.82, 2.24) is 29.9 Å². The molecule has 4 heterocycles. The van der Waals surface area contributed by atoms with Gasteiger partial charge in [0.25, 0.3) is 0 Å². The standard InChI is InChI=1S/C21H35N7OS/c1-2-7-25-10-12-27(13-11-25)20-23-24-21(30-20)28-9-3-5-19(28)18-22-6-4-8-26-14-16-29-17-15-26/h3,5,9,22H,2,4,6-8,10-18H2,1H3. The Morgan fingerprint density at radius 1 is 1.00 bits per heavy atom. The average molecular weight is 434 g/mol. The molecule has 0 radical (unpaired) electrons. The Morgan fingerprint density at radius 2 is 1.77 bits per heavy atom. The van der Waals surface area contributed by atoms with Gasteiger partial charge in [0.2, 0.25) is 10.3 Å². The number of rotatable bonds is 10. The molecule has 2 fully saturated rings. The predicted octanol–water partition coefficient (Wildman–Crippen LogP) is 1.67. The first-order valence-electron chi connectivity index (χ1n) is 11.3. The van der Waals surface area contributed by atoms with E-state index in [0.717, 1.165) is 88.8 Å². The molecule has 0 saturated carbocycles. The summed E-state index contributed by atoms with van der Waals surface area (Å²) in [7, 11) is 0. The molecule has 2 aromatic rings. The molecule has 2 aliphatic heterocycles. The van der Waals surface area contributed by atoms with Crippen molar-refractivity contribution >= 4 is 16.5 Å². The van der Waals surface area contributed by atoms with Crippen molar-refractivity contribution in [2.24, 2.45) is 0 Å². The minimum atomic E-state index is 0.848. The molecule has 0 atom stereocenters. The summed E-state index contributed by atoms with van der Waals surface area (Å²) in [5, 5.41) is 14.6. The lowest BCUT2D eigenvalue weighted by Crippen LogP contribution is -2.46. The maximum absolute atomic E-state index is 5.41. The fraction of sp³-hybridized carbons (Fsp3) is 0.714. The third kappa shape index (κ3) is 5.79. The number of nitrogens with one attached hydrogen (secondary N) is 1. The molecule has 166 valence electrons. The second-order valence-electron chi connectivity index (χ2n) is 8.05. The van der Waals surface area contributed by atoms with Crippen LogP contribution in [0.4, 0.5) is 5.13 Å². The summed E-state index contributed by atoms with van der Waals surface area (Å²) in [5.74, 6) is 0. The number of anilines is 1. The molecule has 2 saturated heterocycles. The van der Waals surface area contributed by atoms with Gasteiger partial charge in [-0.05, 0) is 44.6 Å². The zero-order valence-electron chi connectivity index (χ0n) is 18.1. The molecule has 0 bridgehead atoms. The highest BCUT2D eigenvalue weighted by molar-refractivity contribution is 7.17. The van der Waals surface area contributed by atoms with Gasteiger partial charge in [0, 0.05) is 57.7 Å². The Labute approximate surface area is 183 Å². The SMILES string of the molecule is CCCN1CCN(c2nnc(-n3cccc3CNCCCN3CCOCC3)s2)CC1. The monoisotopic (exact) mass is 433 g/mol. The van der Waals surface area contributed by atoms with Crippen molar-refractivity contribution in [3.05, 3.63) is 24.0 Å². The van der Waals surface area contributed by atoms with Gasteiger partial charge in [-0.2, -0.15) is 0 Å². The van der Waals surface area contributed by atoms with Crippen molar-refractivity contribution in [3.63, 3.8) is 0 Å². The number of piperazine rings is 1. The maximum Gasteiger partial charge on any atom is 0.218 e. The lowest BCUT2D eigenvalue weighted by Gasteiger charge is -2.33. The van der Waals surface area contributed by atoms with Gasteiger partial charge in [0.05, 0.1) is 13.2 Å². The van der Waals surface area contributed by atoms with Gasteiger partial charge in [-0.25, -0.2) is 0 Å². The Bertz CT molecular complexity index is 750. The van der Waals surface area contributed by atoms with E-state index >= 15 is 0 Å². The van der Waals surface area contributed by atoms with Crippen LogP contribution < -0.4 is 10.2 Å². The fourth-order valence-electron chi connectivity index (χ4n) is 4.13. The van der Waals surface area contributed by atoms with Gasteiger partial charge in [0.15, 0.2) is 0 Å². The minimum absolute atomic E-state index is 0.848. The summed E-state index contributed by atoms with van der Waals surface area (Å²) in [6.45, 7) is 14.6. The van der Waals surface area contributed by atoms with E-state index < -0.39 is 0 Å². The van der Waals surface area contributed by atoms with Crippen molar-refractivity contribution in [2.75, 3.05) is 77.0 Å². The van der Waals surface area contributed by atoms with E-state index in [1.54, 1.807) is 11.3 Å². The molecule has 9 heteroatoms. The molecule has 0 aromatic carbocycles. The van der Waals surface area contributed by atoms with E-state index in [1.807, 2.05) is 0 Å². The zero-order valence-corrected chi connectivity index (χ0v) is 18.9. The molecule has 30 heavy (non-hydrogen) atoms. The highest BCUT2D eigenvalue weighted by atomic mass is 32.1. The van der Waals surface area contributed by atoms with Gasteiger partial charge in [-0.1, -0.05) is 18.3 Å². The third-order valence-electron chi connectivity index (χ3n) is 5.86. The van der Waals surface area contributed by atoms with Crippen LogP contribution in [0.5, 0.6) is 0 Å². The summed E-state index contributed by atoms with van der Waals surface area (Å²) in [6, 6.07) is 4.26. The minimum Gasteiger partial charge on any atom is -0.379 e. The van der Waals surface area contributed by atoms with E-state index in [0.29, 0.717) is 0 Å². The van der Waals surface area contributed by atoms with E-state index in [9.17, 15) is 0 Å². The van der Waals surface area contributed by atoms with Crippen molar-refractivity contribution in [3.8, 4) is 5.13 Å². The highest BCUT2D eigenvalue weighted by Gasteiger charge is 2.20. The van der Waals surface area contributed by atoms with Gasteiger partial charge < -0.3 is 15.0 Å². The average Bonchev–Trinajstić information content (AvgIpc) is 3.44. The Morgan fingerprint density at radius 3 is 2.57 bits per heavy atom. The number of nitrogens with zero attached hydrogens (tertiary/aromatic N) is 6. The van der Waals surface area contributed by atoms with E-state index in [2.05, 4.69) is 60.0 Å². The van der Waals surface area contributed by atoms with E-state index in [1.165, 1.54) is 18.7 Å². The van der Waals surface area contributed by atoms with Crippen LogP contribution in [0.1, 0.15) is 25.5 Å². The summed E-state index contributed by atoms with van der Waals surface area (Å²) >= 11 is 1.69. The lowest BCUT2D eigenvalue weighted by atomic mass is 10.3. The van der Waals surface area contributed by atoms with Crippen molar-refractivity contribution < 1.29 is 4.74 Å². The van der Waals surface area contributed by atoms with Crippen LogP contribution in [-0.2, 0) is 11.3 Å². The number of aromatic nitrogens is 3. The molecule has 8 nitrogen and oxygen atoms in total. The van der Waals surface area contributed by atoms with Crippen LogP contribution in [-0.4, -0.2) is 96.7 Å². The number of hydrogen-bond donors (Lipinski definition) is 1. The molecule has 2 aromatic heterocycles. The first-order valence-corrected chi connectivity index (χ1v) is 12.1. The van der Waals surface area contributed by atoms with Crippen molar-refractivity contribution in [2.45, 2.75) is 26.3 Å². The van der Waals surface area contributed by atoms with Crippen LogP contribution in [0, 0.1) is 0 Å². The van der Waals surface area contributed by atoms with Crippen LogP contribution >= 0.6 is 11.3 Å². The van der Waals surface area contributed by atoms with Crippen LogP contribution in [0.3, 0.4) is 0 Å². The second-order valence-corrected chi connectivity index (χ2v) is 8.98. The number of hydrogen-bond acceptors (Lipinski definition) is 8. The van der Waals surface area contributed by atoms with Gasteiger partial charge in [-0.3, -0.25) is 14.4 Å². The normalized spacial score (nSPS) is 18.9. The topological polar surface area (TPSA) is 61.7 Å². The molecular formula is C21H35N7OS. The Kier molecular flexibility index (Phi) is 8.10. The van der Waals surface area contributed by atoms with Crippen LogP contribution in [0.25, 0.3) is 5.13 Å². The molecule has 0 aliphatic carbocycles. The Balaban J connectivity index is 1.24. The lowest BCUT2D eigenvalue weighted by molar-refractivity contribution is 0.0374. The quantitative estimate of drug-likeness (QED) is 0.572. The highest BCUT2D eigenvalue weighted by Crippen LogP contribution is 2.25. The predicted molar refractivity (Wildman–Crippen MR) is 122 cm³/mol. The molecular weight excluding hydrogens is 398 g/mol. The van der Waals surface area contributed by atoms with E-state index in [-0.39, 0.29) is 0 Å². The van der Waals surface area contributed by atoms with Gasteiger partial charge in [0.1, 0.15) is 0 Å². The zero-order chi connectivity index (χ0) is 20.6. The van der Waals surface area contributed by atoms with Gasteiger partial charge >= 0.3 is 0 Å². The summed E-state index contributed by atoms with van der Waals surface area (Å²) in [5.41, 5.74) is 1.23. The maximum atomic E-state index is 5.41. The molecule has 0 spiro atoms. The smallest absolute Gasteiger partial charge is 0.218 e. The summed E-state index contributed by atoms with van der Waals surface area (Å²) in [6.07, 6.45) is 4.47. The van der Waals surface area contributed by atoms with Crippen molar-refractivity contribution in [1.29, 1.82) is 0 Å². The van der Waals surface area contributed by atoms with Crippen LogP contribution in [0.2, 0.25) is 0 Å². The summed E-state index contributed by atoms with van der Waals surface area (Å²) < 4.78 is 7.58. The number of ether oxygens (including phenoxy) is 1. The third-order valence-corrected chi connectivity index (χ3v) is 6.85. The van der Waals surface area contributed by atoms with E-state index in [4.69, 9.17) is 4.74 Å². The molecule has 2 aliphatic rings.